The van der Waals surface area contributed by atoms with Crippen LogP contribution in [0.25, 0.3) is 0 Å². The maximum absolute atomic E-state index is 12.6. The molecule has 0 fully saturated rings. The molecule has 1 amide bonds. The van der Waals surface area contributed by atoms with Crippen molar-refractivity contribution in [2.45, 2.75) is 6.42 Å². The summed E-state index contributed by atoms with van der Waals surface area (Å²) in [4.78, 5) is 26.2. The molecule has 0 spiro atoms. The highest BCUT2D eigenvalue weighted by Crippen LogP contribution is 2.28. The molecule has 100 valence electrons. The number of carbonyl (C=O) groups is 2. The van der Waals surface area contributed by atoms with Gasteiger partial charge in [0, 0.05) is 28.6 Å². The van der Waals surface area contributed by atoms with Crippen LogP contribution in [0.1, 0.15) is 27.1 Å². The normalized spacial score (nSPS) is 14.1. The standard InChI is InChI=1S/C16H12BrNO2/c17-12-5-3-4-11(10-12)16(20)18-9-8-15(19)13-6-1-2-7-14(13)18/h1-7,10H,8-9H2. The third-order valence-electron chi connectivity index (χ3n) is 3.37. The van der Waals surface area contributed by atoms with Gasteiger partial charge in [-0.25, -0.2) is 0 Å². The second kappa shape index (κ2) is 5.21. The number of fused-ring (bicyclic) bond motifs is 1. The summed E-state index contributed by atoms with van der Waals surface area (Å²) >= 11 is 3.37. The summed E-state index contributed by atoms with van der Waals surface area (Å²) in [7, 11) is 0. The molecule has 4 heteroatoms. The van der Waals surface area contributed by atoms with E-state index in [2.05, 4.69) is 15.9 Å². The van der Waals surface area contributed by atoms with Gasteiger partial charge in [0.2, 0.25) is 0 Å². The molecule has 2 aromatic rings. The van der Waals surface area contributed by atoms with Crippen molar-refractivity contribution in [1.82, 2.24) is 0 Å². The number of rotatable bonds is 1. The Morgan fingerprint density at radius 3 is 2.70 bits per heavy atom. The van der Waals surface area contributed by atoms with E-state index in [1.54, 1.807) is 23.1 Å². The van der Waals surface area contributed by atoms with Crippen molar-refractivity contribution in [3.05, 3.63) is 64.1 Å². The van der Waals surface area contributed by atoms with Gasteiger partial charge in [0.15, 0.2) is 5.78 Å². The molecule has 3 nitrogen and oxygen atoms in total. The van der Waals surface area contributed by atoms with Gasteiger partial charge in [-0.05, 0) is 30.3 Å². The molecular formula is C16H12BrNO2. The fourth-order valence-corrected chi connectivity index (χ4v) is 2.80. The topological polar surface area (TPSA) is 37.4 Å². The summed E-state index contributed by atoms with van der Waals surface area (Å²) < 4.78 is 0.865. The molecule has 0 saturated carbocycles. The SMILES string of the molecule is O=C1CCN(C(=O)c2cccc(Br)c2)c2ccccc21. The van der Waals surface area contributed by atoms with E-state index in [-0.39, 0.29) is 11.7 Å². The Labute approximate surface area is 125 Å². The zero-order chi connectivity index (χ0) is 14.1. The number of hydrogen-bond acceptors (Lipinski definition) is 2. The minimum Gasteiger partial charge on any atom is -0.307 e. The van der Waals surface area contributed by atoms with Crippen LogP contribution in [0.3, 0.4) is 0 Å². The van der Waals surface area contributed by atoms with Gasteiger partial charge < -0.3 is 4.90 Å². The summed E-state index contributed by atoms with van der Waals surface area (Å²) in [5.74, 6) is 0.0187. The minimum atomic E-state index is -0.0775. The van der Waals surface area contributed by atoms with Gasteiger partial charge in [-0.1, -0.05) is 34.1 Å². The highest BCUT2D eigenvalue weighted by molar-refractivity contribution is 9.10. The Kier molecular flexibility index (Phi) is 3.40. The lowest BCUT2D eigenvalue weighted by atomic mass is 9.99. The molecule has 2 aromatic carbocycles. The van der Waals surface area contributed by atoms with Crippen LogP contribution in [0.4, 0.5) is 5.69 Å². The molecule has 1 heterocycles. The predicted octanol–water partition coefficient (Wildman–Crippen LogP) is 3.68. The molecule has 0 aliphatic carbocycles. The van der Waals surface area contributed by atoms with Crippen LogP contribution >= 0.6 is 15.9 Å². The number of benzene rings is 2. The van der Waals surface area contributed by atoms with Crippen molar-refractivity contribution in [2.75, 3.05) is 11.4 Å². The van der Waals surface area contributed by atoms with Crippen molar-refractivity contribution in [3.8, 4) is 0 Å². The quantitative estimate of drug-likeness (QED) is 0.800. The average Bonchev–Trinajstić information content (AvgIpc) is 2.47. The van der Waals surface area contributed by atoms with Crippen LogP contribution in [0.2, 0.25) is 0 Å². The van der Waals surface area contributed by atoms with Gasteiger partial charge in [-0.3, -0.25) is 9.59 Å². The van der Waals surface area contributed by atoms with Gasteiger partial charge >= 0.3 is 0 Å². The van der Waals surface area contributed by atoms with Crippen molar-refractivity contribution >= 4 is 33.3 Å². The number of ketones is 1. The Hall–Kier alpha value is -1.94. The lowest BCUT2D eigenvalue weighted by molar-refractivity contribution is 0.0955. The fraction of sp³-hybridized carbons (Fsp3) is 0.125. The molecule has 0 saturated heterocycles. The Morgan fingerprint density at radius 2 is 1.90 bits per heavy atom. The van der Waals surface area contributed by atoms with Crippen LogP contribution in [0.5, 0.6) is 0 Å². The van der Waals surface area contributed by atoms with E-state index >= 15 is 0 Å². The van der Waals surface area contributed by atoms with Gasteiger partial charge in [-0.15, -0.1) is 0 Å². The first kappa shape index (κ1) is 13.1. The van der Waals surface area contributed by atoms with Gasteiger partial charge in [0.1, 0.15) is 0 Å². The maximum Gasteiger partial charge on any atom is 0.258 e. The molecule has 20 heavy (non-hydrogen) atoms. The molecule has 1 aliphatic heterocycles. The lowest BCUT2D eigenvalue weighted by Gasteiger charge is -2.28. The molecule has 0 radical (unpaired) electrons. The summed E-state index contributed by atoms with van der Waals surface area (Å²) in [5, 5.41) is 0. The van der Waals surface area contributed by atoms with E-state index < -0.39 is 0 Å². The predicted molar refractivity (Wildman–Crippen MR) is 81.2 cm³/mol. The van der Waals surface area contributed by atoms with Crippen molar-refractivity contribution in [1.29, 1.82) is 0 Å². The first-order valence-corrected chi connectivity index (χ1v) is 7.16. The summed E-state index contributed by atoms with van der Waals surface area (Å²) in [6.45, 7) is 0.432. The third-order valence-corrected chi connectivity index (χ3v) is 3.87. The largest absolute Gasteiger partial charge is 0.307 e. The molecule has 3 rings (SSSR count). The zero-order valence-electron chi connectivity index (χ0n) is 10.7. The molecular weight excluding hydrogens is 318 g/mol. The van der Waals surface area contributed by atoms with Gasteiger partial charge in [0.05, 0.1) is 5.69 Å². The Bertz CT molecular complexity index is 696. The van der Waals surface area contributed by atoms with Crippen LogP contribution in [0.15, 0.2) is 53.0 Å². The molecule has 0 aromatic heterocycles. The number of halogens is 1. The van der Waals surface area contributed by atoms with Crippen molar-refractivity contribution < 1.29 is 9.59 Å². The van der Waals surface area contributed by atoms with E-state index in [0.29, 0.717) is 29.8 Å². The van der Waals surface area contributed by atoms with Crippen LogP contribution < -0.4 is 4.90 Å². The molecule has 1 aliphatic rings. The minimum absolute atomic E-state index is 0.0775. The number of amides is 1. The van der Waals surface area contributed by atoms with Crippen molar-refractivity contribution in [3.63, 3.8) is 0 Å². The molecule has 0 unspecified atom stereocenters. The maximum atomic E-state index is 12.6. The summed E-state index contributed by atoms with van der Waals surface area (Å²) in [6, 6.07) is 14.6. The van der Waals surface area contributed by atoms with E-state index in [4.69, 9.17) is 0 Å². The highest BCUT2D eigenvalue weighted by atomic mass is 79.9. The second-order valence-corrected chi connectivity index (χ2v) is 5.57. The van der Waals surface area contributed by atoms with Crippen molar-refractivity contribution in [2.24, 2.45) is 0 Å². The Morgan fingerprint density at radius 1 is 1.10 bits per heavy atom. The van der Waals surface area contributed by atoms with Crippen LogP contribution in [0, 0.1) is 0 Å². The van der Waals surface area contributed by atoms with E-state index in [1.807, 2.05) is 30.3 Å². The monoisotopic (exact) mass is 329 g/mol. The zero-order valence-corrected chi connectivity index (χ0v) is 12.3. The molecule has 0 N–H and O–H groups in total. The average molecular weight is 330 g/mol. The number of anilines is 1. The highest BCUT2D eigenvalue weighted by Gasteiger charge is 2.27. The van der Waals surface area contributed by atoms with Gasteiger partial charge in [0.25, 0.3) is 5.91 Å². The Balaban J connectivity index is 2.01. The first-order valence-electron chi connectivity index (χ1n) is 6.36. The number of nitrogens with zero attached hydrogens (tertiary/aromatic N) is 1. The number of carbonyl (C=O) groups excluding carboxylic acids is 2. The smallest absolute Gasteiger partial charge is 0.258 e. The number of para-hydroxylation sites is 1. The van der Waals surface area contributed by atoms with E-state index in [1.165, 1.54) is 0 Å². The van der Waals surface area contributed by atoms with Gasteiger partial charge in [-0.2, -0.15) is 0 Å². The molecule has 0 bridgehead atoms. The summed E-state index contributed by atoms with van der Waals surface area (Å²) in [6.07, 6.45) is 0.372. The van der Waals surface area contributed by atoms with E-state index in [0.717, 1.165) is 4.47 Å². The first-order chi connectivity index (χ1) is 9.66. The van der Waals surface area contributed by atoms with Crippen LogP contribution in [-0.4, -0.2) is 18.2 Å². The van der Waals surface area contributed by atoms with E-state index in [9.17, 15) is 9.59 Å². The fourth-order valence-electron chi connectivity index (χ4n) is 2.40. The third kappa shape index (κ3) is 2.27. The summed E-state index contributed by atoms with van der Waals surface area (Å²) in [5.41, 5.74) is 1.94. The second-order valence-electron chi connectivity index (χ2n) is 4.66. The van der Waals surface area contributed by atoms with Crippen LogP contribution in [-0.2, 0) is 0 Å². The number of hydrogen-bond donors (Lipinski definition) is 0. The molecule has 0 atom stereocenters. The lowest BCUT2D eigenvalue weighted by Crippen LogP contribution is -2.37. The number of Topliss-reactive ketones (excluding diaryl/α,β-unsaturated/α-hetero) is 1.